The number of anilines is 1. The van der Waals surface area contributed by atoms with Crippen molar-refractivity contribution < 1.29 is 14.5 Å². The molecular weight excluding hydrogens is 355 g/mol. The molecule has 2 aromatic carbocycles. The molecule has 8 heteroatoms. The first-order valence-electron chi connectivity index (χ1n) is 6.95. The second-order valence-corrected chi connectivity index (χ2v) is 5.90. The normalized spacial score (nSPS) is 11.7. The fraction of sp³-hybridized carbons (Fsp3) is 0.188. The van der Waals surface area contributed by atoms with Crippen molar-refractivity contribution in [2.24, 2.45) is 0 Å². The summed E-state index contributed by atoms with van der Waals surface area (Å²) in [5.74, 6) is 0.00897. The van der Waals surface area contributed by atoms with Gasteiger partial charge in [-0.25, -0.2) is 0 Å². The lowest BCUT2D eigenvalue weighted by molar-refractivity contribution is -0.384. The zero-order valence-corrected chi connectivity index (χ0v) is 14.4. The molecule has 0 spiro atoms. The number of nitro benzene ring substituents is 1. The number of rotatable bonds is 5. The fourth-order valence-electron chi connectivity index (χ4n) is 1.91. The number of hydrogen-bond donors (Lipinski definition) is 1. The molecule has 0 unspecified atom stereocenters. The fourth-order valence-corrected chi connectivity index (χ4v) is 2.19. The van der Waals surface area contributed by atoms with Crippen molar-refractivity contribution in [3.63, 3.8) is 0 Å². The molecule has 0 bridgehead atoms. The predicted octanol–water partition coefficient (Wildman–Crippen LogP) is 4.62. The molecule has 1 N–H and O–H groups in total. The van der Waals surface area contributed by atoms with Crippen LogP contribution >= 0.6 is 23.2 Å². The van der Waals surface area contributed by atoms with E-state index in [4.69, 9.17) is 27.9 Å². The monoisotopic (exact) mass is 368 g/mol. The van der Waals surface area contributed by atoms with E-state index in [2.05, 4.69) is 5.32 Å². The van der Waals surface area contributed by atoms with Gasteiger partial charge in [0, 0.05) is 17.2 Å². The van der Waals surface area contributed by atoms with Crippen LogP contribution in [0.5, 0.6) is 5.75 Å². The van der Waals surface area contributed by atoms with Crippen LogP contribution in [0.1, 0.15) is 12.5 Å². The van der Waals surface area contributed by atoms with Gasteiger partial charge < -0.3 is 10.1 Å². The molecule has 0 radical (unpaired) electrons. The summed E-state index contributed by atoms with van der Waals surface area (Å²) in [4.78, 5) is 22.4. The van der Waals surface area contributed by atoms with E-state index in [0.717, 1.165) is 5.56 Å². The molecule has 6 nitrogen and oxygen atoms in total. The molecule has 0 aliphatic carbocycles. The smallest absolute Gasteiger partial charge is 0.271 e. The Kier molecular flexibility index (Phi) is 5.64. The molecule has 1 atom stereocenters. The quantitative estimate of drug-likeness (QED) is 0.616. The lowest BCUT2D eigenvalue weighted by Crippen LogP contribution is -2.30. The maximum atomic E-state index is 12.2. The number of non-ortho nitro benzene ring substituents is 1. The molecule has 0 aromatic heterocycles. The number of carbonyl (C=O) groups is 1. The zero-order valence-electron chi connectivity index (χ0n) is 12.9. The lowest BCUT2D eigenvalue weighted by atomic mass is 10.2. The Morgan fingerprint density at radius 2 is 1.88 bits per heavy atom. The standard InChI is InChI=1S/C16H14Cl2N2O4/c1-9-7-12(4-6-13(9)17)24-10(2)16(21)19-15-8-11(20(22)23)3-5-14(15)18/h3-8,10H,1-2H3,(H,19,21)/t10-/m1/s1. The number of nitro groups is 1. The molecule has 2 rings (SSSR count). The van der Waals surface area contributed by atoms with E-state index >= 15 is 0 Å². The van der Waals surface area contributed by atoms with Crippen molar-refractivity contribution in [1.29, 1.82) is 0 Å². The summed E-state index contributed by atoms with van der Waals surface area (Å²) >= 11 is 11.9. The minimum Gasteiger partial charge on any atom is -0.481 e. The van der Waals surface area contributed by atoms with Crippen LogP contribution < -0.4 is 10.1 Å². The van der Waals surface area contributed by atoms with E-state index < -0.39 is 16.9 Å². The van der Waals surface area contributed by atoms with Crippen LogP contribution in [0.4, 0.5) is 11.4 Å². The van der Waals surface area contributed by atoms with E-state index in [1.54, 1.807) is 25.1 Å². The maximum absolute atomic E-state index is 12.2. The van der Waals surface area contributed by atoms with Gasteiger partial charge in [-0.05, 0) is 43.7 Å². The van der Waals surface area contributed by atoms with Crippen LogP contribution in [0.2, 0.25) is 10.0 Å². The number of nitrogens with zero attached hydrogens (tertiary/aromatic N) is 1. The molecule has 0 heterocycles. The highest BCUT2D eigenvalue weighted by atomic mass is 35.5. The van der Waals surface area contributed by atoms with E-state index in [1.807, 2.05) is 6.92 Å². The highest BCUT2D eigenvalue weighted by Crippen LogP contribution is 2.27. The molecule has 126 valence electrons. The van der Waals surface area contributed by atoms with Gasteiger partial charge in [0.1, 0.15) is 5.75 Å². The van der Waals surface area contributed by atoms with E-state index in [0.29, 0.717) is 10.8 Å². The van der Waals surface area contributed by atoms with Crippen molar-refractivity contribution in [2.75, 3.05) is 5.32 Å². The average molecular weight is 369 g/mol. The Labute approximate surface area is 148 Å². The number of amides is 1. The summed E-state index contributed by atoms with van der Waals surface area (Å²) in [5, 5.41) is 14.1. The Bertz CT molecular complexity index is 796. The first kappa shape index (κ1) is 18.0. The minimum absolute atomic E-state index is 0.151. The molecule has 0 fully saturated rings. The van der Waals surface area contributed by atoms with Crippen molar-refractivity contribution in [1.82, 2.24) is 0 Å². The highest BCUT2D eigenvalue weighted by Gasteiger charge is 2.18. The van der Waals surface area contributed by atoms with Crippen molar-refractivity contribution in [3.8, 4) is 5.75 Å². The molecule has 2 aromatic rings. The van der Waals surface area contributed by atoms with Gasteiger partial charge in [-0.15, -0.1) is 0 Å². The molecule has 1 amide bonds. The highest BCUT2D eigenvalue weighted by molar-refractivity contribution is 6.33. The van der Waals surface area contributed by atoms with Crippen molar-refractivity contribution in [2.45, 2.75) is 20.0 Å². The third-order valence-electron chi connectivity index (χ3n) is 3.23. The van der Waals surface area contributed by atoms with E-state index in [9.17, 15) is 14.9 Å². The summed E-state index contributed by atoms with van der Waals surface area (Å²) in [7, 11) is 0. The molecular formula is C16H14Cl2N2O4. The van der Waals surface area contributed by atoms with Crippen LogP contribution in [0.25, 0.3) is 0 Å². The summed E-state index contributed by atoms with van der Waals surface area (Å²) in [5.41, 5.74) is 0.804. The van der Waals surface area contributed by atoms with Gasteiger partial charge in [-0.1, -0.05) is 23.2 Å². The van der Waals surface area contributed by atoms with Crippen LogP contribution in [0.15, 0.2) is 36.4 Å². The third-order valence-corrected chi connectivity index (χ3v) is 3.98. The van der Waals surface area contributed by atoms with Crippen LogP contribution in [-0.4, -0.2) is 16.9 Å². The molecule has 24 heavy (non-hydrogen) atoms. The average Bonchev–Trinajstić information content (AvgIpc) is 2.52. The summed E-state index contributed by atoms with van der Waals surface area (Å²) < 4.78 is 5.55. The van der Waals surface area contributed by atoms with Gasteiger partial charge in [0.05, 0.1) is 15.6 Å². The summed E-state index contributed by atoms with van der Waals surface area (Å²) in [6.45, 7) is 3.38. The van der Waals surface area contributed by atoms with Crippen LogP contribution in [-0.2, 0) is 4.79 Å². The van der Waals surface area contributed by atoms with Gasteiger partial charge in [0.15, 0.2) is 6.10 Å². The van der Waals surface area contributed by atoms with Gasteiger partial charge in [0.25, 0.3) is 11.6 Å². The van der Waals surface area contributed by atoms with Crippen LogP contribution in [0.3, 0.4) is 0 Å². The first-order valence-corrected chi connectivity index (χ1v) is 7.71. The molecule has 0 aliphatic heterocycles. The second kappa shape index (κ2) is 7.51. The first-order chi connectivity index (χ1) is 11.3. The summed E-state index contributed by atoms with van der Waals surface area (Å²) in [6, 6.07) is 8.84. The topological polar surface area (TPSA) is 81.5 Å². The number of hydrogen-bond acceptors (Lipinski definition) is 4. The SMILES string of the molecule is Cc1cc(O[C@H](C)C(=O)Nc2cc([N+](=O)[O-])ccc2Cl)ccc1Cl. The van der Waals surface area contributed by atoms with Crippen molar-refractivity contribution >= 4 is 40.5 Å². The van der Waals surface area contributed by atoms with Gasteiger partial charge in [0.2, 0.25) is 0 Å². The van der Waals surface area contributed by atoms with Gasteiger partial charge >= 0.3 is 0 Å². The third kappa shape index (κ3) is 4.37. The Morgan fingerprint density at radius 3 is 2.50 bits per heavy atom. The van der Waals surface area contributed by atoms with Gasteiger partial charge in [-0.2, -0.15) is 0 Å². The Balaban J connectivity index is 2.10. The number of nitrogens with one attached hydrogen (secondary N) is 1. The Morgan fingerprint density at radius 1 is 1.21 bits per heavy atom. The Hall–Kier alpha value is -2.31. The minimum atomic E-state index is -0.832. The summed E-state index contributed by atoms with van der Waals surface area (Å²) in [6.07, 6.45) is -0.832. The largest absolute Gasteiger partial charge is 0.481 e. The lowest BCUT2D eigenvalue weighted by Gasteiger charge is -2.16. The number of halogens is 2. The van der Waals surface area contributed by atoms with E-state index in [-0.39, 0.29) is 16.4 Å². The van der Waals surface area contributed by atoms with Gasteiger partial charge in [-0.3, -0.25) is 14.9 Å². The number of aryl methyl sites for hydroxylation is 1. The van der Waals surface area contributed by atoms with Crippen molar-refractivity contribution in [3.05, 3.63) is 62.1 Å². The zero-order chi connectivity index (χ0) is 17.9. The number of carbonyl (C=O) groups excluding carboxylic acids is 1. The molecule has 0 aliphatic rings. The molecule has 0 saturated heterocycles. The number of ether oxygens (including phenoxy) is 1. The number of benzene rings is 2. The second-order valence-electron chi connectivity index (χ2n) is 5.08. The van der Waals surface area contributed by atoms with Crippen LogP contribution in [0, 0.1) is 17.0 Å². The molecule has 0 saturated carbocycles. The predicted molar refractivity (Wildman–Crippen MR) is 93.0 cm³/mol. The van der Waals surface area contributed by atoms with E-state index in [1.165, 1.54) is 18.2 Å². The maximum Gasteiger partial charge on any atom is 0.271 e.